The molecule has 2 heterocycles. The van der Waals surface area contributed by atoms with Crippen molar-refractivity contribution in [3.8, 4) is 17.0 Å². The molecule has 1 N–H and O–H groups in total. The number of fused-ring (bicyclic) bond motifs is 1. The second kappa shape index (κ2) is 4.47. The summed E-state index contributed by atoms with van der Waals surface area (Å²) in [5.74, 6) is 3.38. The molecule has 1 aliphatic carbocycles. The van der Waals surface area contributed by atoms with Gasteiger partial charge in [-0.25, -0.2) is 9.97 Å². The highest BCUT2D eigenvalue weighted by atomic mass is 16.5. The van der Waals surface area contributed by atoms with E-state index in [0.29, 0.717) is 5.92 Å². The van der Waals surface area contributed by atoms with Gasteiger partial charge in [-0.1, -0.05) is 12.1 Å². The molecular weight excluding hydrogens is 250 g/mol. The Hall–Kier alpha value is -2.10. The quantitative estimate of drug-likeness (QED) is 0.928. The molecule has 0 spiro atoms. The predicted molar refractivity (Wildman–Crippen MR) is 78.2 cm³/mol. The number of benzene rings is 1. The van der Waals surface area contributed by atoms with Gasteiger partial charge < -0.3 is 10.1 Å². The van der Waals surface area contributed by atoms with Crippen molar-refractivity contribution in [2.45, 2.75) is 25.2 Å². The minimum Gasteiger partial charge on any atom is -0.492 e. The van der Waals surface area contributed by atoms with E-state index in [1.54, 1.807) is 0 Å². The number of para-hydroxylation sites is 1. The van der Waals surface area contributed by atoms with Crippen LogP contribution in [0.4, 0.5) is 5.82 Å². The van der Waals surface area contributed by atoms with Crippen molar-refractivity contribution in [1.82, 2.24) is 9.97 Å². The molecule has 4 nitrogen and oxygen atoms in total. The maximum atomic E-state index is 5.79. The van der Waals surface area contributed by atoms with Crippen molar-refractivity contribution in [1.29, 1.82) is 0 Å². The summed E-state index contributed by atoms with van der Waals surface area (Å²) in [5.41, 5.74) is 3.32. The van der Waals surface area contributed by atoms with Crippen LogP contribution in [0.3, 0.4) is 0 Å². The summed E-state index contributed by atoms with van der Waals surface area (Å²) in [7, 11) is 1.90. The molecule has 1 aromatic carbocycles. The van der Waals surface area contributed by atoms with Crippen LogP contribution >= 0.6 is 0 Å². The minimum atomic E-state index is 0.541. The molecule has 0 unspecified atom stereocenters. The zero-order chi connectivity index (χ0) is 13.5. The van der Waals surface area contributed by atoms with E-state index in [-0.39, 0.29) is 0 Å². The zero-order valence-electron chi connectivity index (χ0n) is 11.5. The van der Waals surface area contributed by atoms with E-state index >= 15 is 0 Å². The first-order valence-electron chi connectivity index (χ1n) is 7.17. The van der Waals surface area contributed by atoms with E-state index < -0.39 is 0 Å². The van der Waals surface area contributed by atoms with E-state index in [1.165, 1.54) is 18.4 Å². The van der Waals surface area contributed by atoms with Gasteiger partial charge in [-0.15, -0.1) is 0 Å². The Morgan fingerprint density at radius 1 is 1.25 bits per heavy atom. The van der Waals surface area contributed by atoms with Crippen LogP contribution in [0.5, 0.6) is 5.75 Å². The Kier molecular flexibility index (Phi) is 2.62. The third-order valence-electron chi connectivity index (χ3n) is 3.93. The topological polar surface area (TPSA) is 47.0 Å². The molecule has 1 saturated carbocycles. The fraction of sp³-hybridized carbons (Fsp3) is 0.375. The Labute approximate surface area is 118 Å². The normalized spacial score (nSPS) is 16.6. The van der Waals surface area contributed by atoms with E-state index in [2.05, 4.69) is 28.5 Å². The van der Waals surface area contributed by atoms with Gasteiger partial charge in [0.05, 0.1) is 12.3 Å². The number of anilines is 1. The van der Waals surface area contributed by atoms with Crippen LogP contribution in [-0.4, -0.2) is 23.6 Å². The van der Waals surface area contributed by atoms with E-state index in [9.17, 15) is 0 Å². The van der Waals surface area contributed by atoms with Crippen molar-refractivity contribution in [3.63, 3.8) is 0 Å². The highest BCUT2D eigenvalue weighted by molar-refractivity contribution is 5.71. The molecule has 0 amide bonds. The Balaban J connectivity index is 1.85. The molecule has 0 radical (unpaired) electrons. The van der Waals surface area contributed by atoms with Crippen LogP contribution in [0.1, 0.15) is 30.1 Å². The molecule has 4 rings (SSSR count). The lowest BCUT2D eigenvalue weighted by Gasteiger charge is -2.10. The van der Waals surface area contributed by atoms with Gasteiger partial charge in [0.2, 0.25) is 0 Å². The van der Waals surface area contributed by atoms with Crippen LogP contribution < -0.4 is 10.1 Å². The highest BCUT2D eigenvalue weighted by Crippen LogP contribution is 2.41. The van der Waals surface area contributed by atoms with Gasteiger partial charge in [-0.05, 0) is 24.5 Å². The second-order valence-electron chi connectivity index (χ2n) is 5.41. The molecule has 20 heavy (non-hydrogen) atoms. The maximum absolute atomic E-state index is 5.79. The Morgan fingerprint density at radius 2 is 2.15 bits per heavy atom. The van der Waals surface area contributed by atoms with Crippen molar-refractivity contribution in [3.05, 3.63) is 35.7 Å². The lowest BCUT2D eigenvalue weighted by atomic mass is 10.1. The summed E-state index contributed by atoms with van der Waals surface area (Å²) in [6.07, 6.45) is 3.40. The third kappa shape index (κ3) is 1.92. The summed E-state index contributed by atoms with van der Waals surface area (Å²) in [4.78, 5) is 9.33. The lowest BCUT2D eigenvalue weighted by molar-refractivity contribution is 0.358. The Morgan fingerprint density at radius 3 is 2.95 bits per heavy atom. The van der Waals surface area contributed by atoms with Gasteiger partial charge >= 0.3 is 0 Å². The average molecular weight is 267 g/mol. The monoisotopic (exact) mass is 267 g/mol. The number of ether oxygens (including phenoxy) is 1. The number of rotatable bonds is 3. The van der Waals surface area contributed by atoms with Gasteiger partial charge in [0.15, 0.2) is 0 Å². The molecule has 2 aromatic rings. The fourth-order valence-corrected chi connectivity index (χ4v) is 2.67. The van der Waals surface area contributed by atoms with Gasteiger partial charge in [-0.2, -0.15) is 0 Å². The summed E-state index contributed by atoms with van der Waals surface area (Å²) in [6, 6.07) is 8.31. The molecule has 1 aliphatic heterocycles. The van der Waals surface area contributed by atoms with Crippen molar-refractivity contribution in [2.75, 3.05) is 19.0 Å². The lowest BCUT2D eigenvalue weighted by Crippen LogP contribution is -2.01. The zero-order valence-corrected chi connectivity index (χ0v) is 11.5. The Bertz CT molecular complexity index is 665. The van der Waals surface area contributed by atoms with Crippen molar-refractivity contribution in [2.24, 2.45) is 0 Å². The molecule has 4 heteroatoms. The van der Waals surface area contributed by atoms with E-state index in [4.69, 9.17) is 9.72 Å². The standard InChI is InChI=1S/C16H17N3O/c1-17-14-9-13(18-16(19-14)11-5-6-11)12-4-2-3-10-7-8-20-15(10)12/h2-4,9,11H,5-8H2,1H3,(H,17,18,19). The molecule has 0 bridgehead atoms. The molecule has 0 atom stereocenters. The summed E-state index contributed by atoms with van der Waals surface area (Å²) in [6.45, 7) is 0.770. The molecule has 1 fully saturated rings. The SMILES string of the molecule is CNc1cc(-c2cccc3c2OCC3)nc(C2CC2)n1. The summed E-state index contributed by atoms with van der Waals surface area (Å²) >= 11 is 0. The summed E-state index contributed by atoms with van der Waals surface area (Å²) < 4.78 is 5.79. The molecular formula is C16H17N3O. The second-order valence-corrected chi connectivity index (χ2v) is 5.41. The predicted octanol–water partition coefficient (Wildman–Crippen LogP) is 3.00. The van der Waals surface area contributed by atoms with Gasteiger partial charge in [0.25, 0.3) is 0 Å². The fourth-order valence-electron chi connectivity index (χ4n) is 2.67. The smallest absolute Gasteiger partial charge is 0.134 e. The van der Waals surface area contributed by atoms with Gasteiger partial charge in [0.1, 0.15) is 17.4 Å². The van der Waals surface area contributed by atoms with E-state index in [1.807, 2.05) is 13.1 Å². The number of hydrogen-bond donors (Lipinski definition) is 1. The van der Waals surface area contributed by atoms with Crippen LogP contribution in [-0.2, 0) is 6.42 Å². The van der Waals surface area contributed by atoms with Crippen LogP contribution in [0, 0.1) is 0 Å². The number of hydrogen-bond acceptors (Lipinski definition) is 4. The van der Waals surface area contributed by atoms with Crippen LogP contribution in [0.2, 0.25) is 0 Å². The molecule has 102 valence electrons. The maximum Gasteiger partial charge on any atom is 0.134 e. The number of aromatic nitrogens is 2. The average Bonchev–Trinajstić information content (AvgIpc) is 3.23. The minimum absolute atomic E-state index is 0.541. The first-order chi connectivity index (χ1) is 9.85. The molecule has 2 aliphatic rings. The van der Waals surface area contributed by atoms with Crippen LogP contribution in [0.25, 0.3) is 11.3 Å². The van der Waals surface area contributed by atoms with E-state index in [0.717, 1.165) is 41.7 Å². The van der Waals surface area contributed by atoms with Gasteiger partial charge in [0, 0.05) is 31.0 Å². The highest BCUT2D eigenvalue weighted by Gasteiger charge is 2.28. The van der Waals surface area contributed by atoms with Gasteiger partial charge in [-0.3, -0.25) is 0 Å². The molecule has 0 saturated heterocycles. The van der Waals surface area contributed by atoms with Crippen LogP contribution in [0.15, 0.2) is 24.3 Å². The largest absolute Gasteiger partial charge is 0.492 e. The van der Waals surface area contributed by atoms with Crippen molar-refractivity contribution >= 4 is 5.82 Å². The number of nitrogens with zero attached hydrogens (tertiary/aromatic N) is 2. The summed E-state index contributed by atoms with van der Waals surface area (Å²) in [5, 5.41) is 3.14. The number of nitrogens with one attached hydrogen (secondary N) is 1. The first kappa shape index (κ1) is 11.7. The first-order valence-corrected chi connectivity index (χ1v) is 7.17. The molecule has 1 aromatic heterocycles. The third-order valence-corrected chi connectivity index (χ3v) is 3.93. The van der Waals surface area contributed by atoms with Crippen molar-refractivity contribution < 1.29 is 4.74 Å².